The minimum Gasteiger partial charge on any atom is -0.406 e. The fraction of sp³-hybridized carbons (Fsp3) is 0.154. The number of halogens is 4. The van der Waals surface area contributed by atoms with E-state index in [4.69, 9.17) is 4.98 Å². The molecule has 0 bridgehead atoms. The van der Waals surface area contributed by atoms with E-state index in [0.29, 0.717) is 18.7 Å². The monoisotopic (exact) mass is 480 g/mol. The van der Waals surface area contributed by atoms with Crippen LogP contribution >= 0.6 is 0 Å². The molecule has 2 aromatic heterocycles. The number of hydrogen-bond donors (Lipinski definition) is 0. The smallest absolute Gasteiger partial charge is 0.406 e. The predicted molar refractivity (Wildman–Crippen MR) is 124 cm³/mol. The minimum absolute atomic E-state index is 0.269. The van der Waals surface area contributed by atoms with E-state index >= 15 is 0 Å². The Morgan fingerprint density at radius 2 is 1.69 bits per heavy atom. The van der Waals surface area contributed by atoms with Crippen LogP contribution in [0.2, 0.25) is 0 Å². The van der Waals surface area contributed by atoms with E-state index in [-0.39, 0.29) is 11.6 Å². The molecule has 0 radical (unpaired) electrons. The average Bonchev–Trinajstić information content (AvgIpc) is 3.42. The van der Waals surface area contributed by atoms with Crippen molar-refractivity contribution >= 4 is 11.0 Å². The van der Waals surface area contributed by atoms with Gasteiger partial charge in [0.2, 0.25) is 0 Å². The van der Waals surface area contributed by atoms with Crippen LogP contribution in [-0.2, 0) is 13.0 Å². The van der Waals surface area contributed by atoms with Crippen molar-refractivity contribution in [3.63, 3.8) is 0 Å². The maximum absolute atomic E-state index is 13.7. The highest BCUT2D eigenvalue weighted by Gasteiger charge is 2.31. The van der Waals surface area contributed by atoms with E-state index in [0.717, 1.165) is 33.7 Å². The van der Waals surface area contributed by atoms with Gasteiger partial charge >= 0.3 is 6.36 Å². The third kappa shape index (κ3) is 4.75. The first kappa shape index (κ1) is 22.6. The largest absolute Gasteiger partial charge is 0.573 e. The second-order valence-corrected chi connectivity index (χ2v) is 7.94. The summed E-state index contributed by atoms with van der Waals surface area (Å²) in [5.74, 6) is 0.219. The van der Waals surface area contributed by atoms with Gasteiger partial charge in [-0.1, -0.05) is 24.3 Å². The van der Waals surface area contributed by atoms with Gasteiger partial charge in [-0.2, -0.15) is 5.10 Å². The van der Waals surface area contributed by atoms with Crippen molar-refractivity contribution in [2.75, 3.05) is 0 Å². The minimum atomic E-state index is -4.73. The fourth-order valence-electron chi connectivity index (χ4n) is 4.16. The van der Waals surface area contributed by atoms with Gasteiger partial charge in [0.25, 0.3) is 0 Å². The lowest BCUT2D eigenvalue weighted by Crippen LogP contribution is -2.16. The summed E-state index contributed by atoms with van der Waals surface area (Å²) in [6, 6.07) is 19.6. The molecule has 0 fully saturated rings. The van der Waals surface area contributed by atoms with Crippen LogP contribution in [0.3, 0.4) is 0 Å². The summed E-state index contributed by atoms with van der Waals surface area (Å²) in [6.07, 6.45) is -2.57. The van der Waals surface area contributed by atoms with Crippen LogP contribution in [0.1, 0.15) is 18.4 Å². The van der Waals surface area contributed by atoms with E-state index in [2.05, 4.69) is 14.4 Å². The summed E-state index contributed by atoms with van der Waals surface area (Å²) in [5, 5.41) is 4.35. The first-order chi connectivity index (χ1) is 16.8. The average molecular weight is 480 g/mol. The first-order valence-electron chi connectivity index (χ1n) is 10.9. The first-order valence-corrected chi connectivity index (χ1v) is 10.9. The van der Waals surface area contributed by atoms with Crippen LogP contribution in [0.5, 0.6) is 5.75 Å². The number of benzene rings is 3. The van der Waals surface area contributed by atoms with E-state index in [1.54, 1.807) is 35.1 Å². The van der Waals surface area contributed by atoms with Crippen molar-refractivity contribution < 1.29 is 22.3 Å². The van der Waals surface area contributed by atoms with Crippen LogP contribution in [-0.4, -0.2) is 25.7 Å². The number of aromatic nitrogens is 4. The molecular weight excluding hydrogens is 460 g/mol. The quantitative estimate of drug-likeness (QED) is 0.259. The SMILES string of the molecule is CCn1c(Cc2ccnn2-c2cccc(F)c2)nc2cc(-c3ccc(OC(F)(F)F)cc3)ccc21. The van der Waals surface area contributed by atoms with Gasteiger partial charge in [0.15, 0.2) is 0 Å². The Labute approximate surface area is 198 Å². The third-order valence-electron chi connectivity index (χ3n) is 5.68. The van der Waals surface area contributed by atoms with Crippen molar-refractivity contribution in [3.05, 3.63) is 96.3 Å². The number of aryl methyl sites for hydroxylation is 1. The normalized spacial score (nSPS) is 11.8. The zero-order chi connectivity index (χ0) is 24.6. The molecule has 0 spiro atoms. The van der Waals surface area contributed by atoms with Gasteiger partial charge in [0.05, 0.1) is 22.4 Å². The summed E-state index contributed by atoms with van der Waals surface area (Å²) in [7, 11) is 0. The Kier molecular flexibility index (Phi) is 5.76. The van der Waals surface area contributed by atoms with Crippen molar-refractivity contribution in [3.8, 4) is 22.6 Å². The zero-order valence-electron chi connectivity index (χ0n) is 18.6. The third-order valence-corrected chi connectivity index (χ3v) is 5.68. The van der Waals surface area contributed by atoms with E-state index < -0.39 is 6.36 Å². The standard InChI is InChI=1S/C26H20F4N4O/c1-2-33-24-11-8-18(17-6-9-22(10-7-17)35-26(28,29)30)14-23(24)32-25(33)16-21-12-13-31-34(21)20-5-3-4-19(27)15-20/h3-15H,2,16H2,1H3. The molecule has 0 aliphatic rings. The van der Waals surface area contributed by atoms with E-state index in [1.807, 2.05) is 31.2 Å². The lowest BCUT2D eigenvalue weighted by atomic mass is 10.1. The van der Waals surface area contributed by atoms with Crippen LogP contribution in [0.15, 0.2) is 79.0 Å². The van der Waals surface area contributed by atoms with Gasteiger partial charge in [-0.25, -0.2) is 14.1 Å². The summed E-state index contributed by atoms with van der Waals surface area (Å²) in [5.41, 5.74) is 4.78. The zero-order valence-corrected chi connectivity index (χ0v) is 18.6. The van der Waals surface area contributed by atoms with Crippen LogP contribution in [0.25, 0.3) is 27.8 Å². The van der Waals surface area contributed by atoms with Crippen LogP contribution in [0.4, 0.5) is 17.6 Å². The Morgan fingerprint density at radius 1 is 0.914 bits per heavy atom. The molecule has 0 N–H and O–H groups in total. The Morgan fingerprint density at radius 3 is 2.40 bits per heavy atom. The molecular formula is C26H20F4N4O. The second kappa shape index (κ2) is 8.90. The maximum Gasteiger partial charge on any atom is 0.573 e. The molecule has 0 atom stereocenters. The van der Waals surface area contributed by atoms with Gasteiger partial charge < -0.3 is 9.30 Å². The number of ether oxygens (including phenoxy) is 1. The summed E-state index contributed by atoms with van der Waals surface area (Å²) >= 11 is 0. The van der Waals surface area contributed by atoms with Gasteiger partial charge in [0.1, 0.15) is 17.4 Å². The van der Waals surface area contributed by atoms with Crippen LogP contribution < -0.4 is 4.74 Å². The van der Waals surface area contributed by atoms with Crippen molar-refractivity contribution in [2.24, 2.45) is 0 Å². The predicted octanol–water partition coefficient (Wildman–Crippen LogP) is 6.54. The van der Waals surface area contributed by atoms with Crippen molar-refractivity contribution in [1.82, 2.24) is 19.3 Å². The number of nitrogens with zero attached hydrogens (tertiary/aromatic N) is 4. The lowest BCUT2D eigenvalue weighted by Gasteiger charge is -2.10. The molecule has 0 saturated heterocycles. The van der Waals surface area contributed by atoms with E-state index in [1.165, 1.54) is 24.3 Å². The van der Waals surface area contributed by atoms with Gasteiger partial charge in [0, 0.05) is 19.2 Å². The number of imidazole rings is 1. The molecule has 0 aliphatic heterocycles. The topological polar surface area (TPSA) is 44.9 Å². The number of rotatable bonds is 6. The fourth-order valence-corrected chi connectivity index (χ4v) is 4.16. The Bertz CT molecular complexity index is 1490. The van der Waals surface area contributed by atoms with E-state index in [9.17, 15) is 17.6 Å². The molecule has 5 rings (SSSR count). The Balaban J connectivity index is 1.46. The summed E-state index contributed by atoms with van der Waals surface area (Å²) in [4.78, 5) is 4.84. The number of fused-ring (bicyclic) bond motifs is 1. The molecule has 5 aromatic rings. The Hall–Kier alpha value is -4.14. The molecule has 9 heteroatoms. The highest BCUT2D eigenvalue weighted by atomic mass is 19.4. The van der Waals surface area contributed by atoms with Gasteiger partial charge in [-0.15, -0.1) is 13.2 Å². The maximum atomic E-state index is 13.7. The number of alkyl halides is 3. The molecule has 0 aliphatic carbocycles. The molecule has 35 heavy (non-hydrogen) atoms. The highest BCUT2D eigenvalue weighted by Crippen LogP contribution is 2.29. The molecule has 178 valence electrons. The molecule has 3 aromatic carbocycles. The van der Waals surface area contributed by atoms with Crippen molar-refractivity contribution in [2.45, 2.75) is 26.3 Å². The molecule has 0 amide bonds. The summed E-state index contributed by atoms with van der Waals surface area (Å²) in [6.45, 7) is 2.73. The number of hydrogen-bond acceptors (Lipinski definition) is 3. The van der Waals surface area contributed by atoms with Gasteiger partial charge in [-0.05, 0) is 66.6 Å². The second-order valence-electron chi connectivity index (χ2n) is 7.94. The molecule has 5 nitrogen and oxygen atoms in total. The van der Waals surface area contributed by atoms with Crippen molar-refractivity contribution in [1.29, 1.82) is 0 Å². The summed E-state index contributed by atoms with van der Waals surface area (Å²) < 4.78 is 58.8. The van der Waals surface area contributed by atoms with Crippen LogP contribution in [0, 0.1) is 5.82 Å². The highest BCUT2D eigenvalue weighted by molar-refractivity contribution is 5.83. The lowest BCUT2D eigenvalue weighted by molar-refractivity contribution is -0.274. The molecule has 2 heterocycles. The van der Waals surface area contributed by atoms with Gasteiger partial charge in [-0.3, -0.25) is 0 Å². The molecule has 0 saturated carbocycles. The molecule has 0 unspecified atom stereocenters.